The fourth-order valence-electron chi connectivity index (χ4n) is 0.655. The molecule has 0 bridgehead atoms. The van der Waals surface area contributed by atoms with Crippen molar-refractivity contribution in [2.75, 3.05) is 0 Å². The summed E-state index contributed by atoms with van der Waals surface area (Å²) in [6.07, 6.45) is -1.85. The molecule has 0 aliphatic carbocycles. The Morgan fingerprint density at radius 2 is 2.20 bits per heavy atom. The summed E-state index contributed by atoms with van der Waals surface area (Å²) >= 11 is 2.06. The fraction of sp³-hybridized carbons (Fsp3) is 0.143. The molecule has 3 heteroatoms. The van der Waals surface area contributed by atoms with E-state index < -0.39 is 6.36 Å². The summed E-state index contributed by atoms with van der Waals surface area (Å²) in [5, 5.41) is 8.48. The van der Waals surface area contributed by atoms with Gasteiger partial charge in [-0.2, -0.15) is 0 Å². The first kappa shape index (κ1) is 7.94. The monoisotopic (exact) mass is 252 g/mol. The summed E-state index contributed by atoms with van der Waals surface area (Å²) in [4.78, 5) is 0. The topological polar surface area (TPSA) is 20.2 Å². The third-order valence-electron chi connectivity index (χ3n) is 1.12. The molecule has 0 spiro atoms. The van der Waals surface area contributed by atoms with Crippen LogP contribution >= 0.6 is 22.6 Å². The highest BCUT2D eigenvalue weighted by atomic mass is 127. The van der Waals surface area contributed by atoms with Gasteiger partial charge in [0.25, 0.3) is 0 Å². The number of rotatable bonds is 1. The minimum absolute atomic E-state index is 0.312. The third kappa shape index (κ3) is 1.91. The van der Waals surface area contributed by atoms with E-state index in [1.165, 1.54) is 0 Å². The van der Waals surface area contributed by atoms with Gasteiger partial charge in [-0.1, -0.05) is 12.1 Å². The second-order valence-electron chi connectivity index (χ2n) is 1.89. The van der Waals surface area contributed by atoms with Crippen molar-refractivity contribution >= 4 is 22.6 Å². The van der Waals surface area contributed by atoms with Crippen LogP contribution in [0.4, 0.5) is 4.39 Å². The first-order valence-corrected chi connectivity index (χ1v) is 3.85. The second kappa shape index (κ2) is 3.30. The van der Waals surface area contributed by atoms with E-state index >= 15 is 0 Å². The number of hydrogen-bond donors (Lipinski definition) is 1. The van der Waals surface area contributed by atoms with Gasteiger partial charge >= 0.3 is 0 Å². The zero-order valence-electron chi connectivity index (χ0n) is 5.09. The van der Waals surface area contributed by atoms with Crippen molar-refractivity contribution in [1.29, 1.82) is 0 Å². The Balaban J connectivity index is 2.96. The van der Waals surface area contributed by atoms with Crippen molar-refractivity contribution in [3.05, 3.63) is 33.4 Å². The summed E-state index contributed by atoms with van der Waals surface area (Å²) in [5.74, 6) is 0. The van der Waals surface area contributed by atoms with Gasteiger partial charge in [-0.25, -0.2) is 4.39 Å². The molecule has 1 rings (SSSR count). The molecule has 0 saturated carbocycles. The number of benzene rings is 1. The predicted octanol–water partition coefficient (Wildman–Crippen LogP) is 2.25. The van der Waals surface area contributed by atoms with Crippen molar-refractivity contribution in [3.63, 3.8) is 0 Å². The smallest absolute Gasteiger partial charge is 0.222 e. The number of hydrogen-bond acceptors (Lipinski definition) is 1. The highest BCUT2D eigenvalue weighted by Crippen LogP contribution is 2.15. The Labute approximate surface area is 72.0 Å². The SMILES string of the molecule is OC(F)c1cccc(I)c1. The molecule has 54 valence electrons. The van der Waals surface area contributed by atoms with Gasteiger partial charge in [0.15, 0.2) is 0 Å². The van der Waals surface area contributed by atoms with E-state index in [1.807, 2.05) is 6.07 Å². The summed E-state index contributed by atoms with van der Waals surface area (Å²) in [5.41, 5.74) is 0.312. The quantitative estimate of drug-likeness (QED) is 0.760. The Morgan fingerprint density at radius 1 is 1.50 bits per heavy atom. The standard InChI is InChI=1S/C7H6FIO/c8-7(10)5-2-1-3-6(9)4-5/h1-4,7,10H. The average Bonchev–Trinajstić information content (AvgIpc) is 1.88. The summed E-state index contributed by atoms with van der Waals surface area (Å²) in [6.45, 7) is 0. The normalized spacial score (nSPS) is 13.1. The van der Waals surface area contributed by atoms with E-state index in [1.54, 1.807) is 18.2 Å². The lowest BCUT2D eigenvalue weighted by molar-refractivity contribution is 0.0410. The summed E-state index contributed by atoms with van der Waals surface area (Å²) in [6, 6.07) is 6.70. The average molecular weight is 252 g/mol. The van der Waals surface area contributed by atoms with Crippen LogP contribution in [0.2, 0.25) is 0 Å². The van der Waals surface area contributed by atoms with E-state index in [2.05, 4.69) is 22.6 Å². The second-order valence-corrected chi connectivity index (χ2v) is 3.14. The van der Waals surface area contributed by atoms with Crippen LogP contribution in [-0.4, -0.2) is 5.11 Å². The molecule has 0 aromatic heterocycles. The van der Waals surface area contributed by atoms with Gasteiger partial charge in [0, 0.05) is 9.13 Å². The van der Waals surface area contributed by atoms with Crippen molar-refractivity contribution in [2.45, 2.75) is 6.36 Å². The molecule has 1 aromatic rings. The maximum absolute atomic E-state index is 12.2. The molecule has 0 aliphatic rings. The van der Waals surface area contributed by atoms with Gasteiger partial charge in [-0.05, 0) is 34.7 Å². The maximum Gasteiger partial charge on any atom is 0.222 e. The lowest BCUT2D eigenvalue weighted by atomic mass is 10.2. The first-order chi connectivity index (χ1) is 4.70. The fourth-order valence-corrected chi connectivity index (χ4v) is 1.22. The molecule has 1 atom stereocenters. The Morgan fingerprint density at radius 3 is 2.60 bits per heavy atom. The van der Waals surface area contributed by atoms with Crippen LogP contribution < -0.4 is 0 Å². The van der Waals surface area contributed by atoms with E-state index in [4.69, 9.17) is 5.11 Å². The van der Waals surface area contributed by atoms with Crippen LogP contribution in [0.3, 0.4) is 0 Å². The van der Waals surface area contributed by atoms with Gasteiger partial charge in [-0.15, -0.1) is 0 Å². The molecular formula is C7H6FIO. The molecule has 0 fully saturated rings. The minimum Gasteiger partial charge on any atom is -0.360 e. The number of aliphatic hydroxyl groups excluding tert-OH is 1. The van der Waals surface area contributed by atoms with Crippen LogP contribution in [0.1, 0.15) is 11.9 Å². The van der Waals surface area contributed by atoms with E-state index in [9.17, 15) is 4.39 Å². The molecule has 0 heterocycles. The Hall–Kier alpha value is -0.160. The highest BCUT2D eigenvalue weighted by molar-refractivity contribution is 14.1. The van der Waals surface area contributed by atoms with Crippen LogP contribution in [0.15, 0.2) is 24.3 Å². The summed E-state index contributed by atoms with van der Waals surface area (Å²) < 4.78 is 13.1. The third-order valence-corrected chi connectivity index (χ3v) is 1.79. The molecule has 1 N–H and O–H groups in total. The predicted molar refractivity (Wildman–Crippen MR) is 45.2 cm³/mol. The number of halogens is 2. The lowest BCUT2D eigenvalue weighted by Crippen LogP contribution is -1.88. The lowest BCUT2D eigenvalue weighted by Gasteiger charge is -1.99. The number of aliphatic hydroxyl groups is 1. The zero-order chi connectivity index (χ0) is 7.56. The van der Waals surface area contributed by atoms with E-state index in [-0.39, 0.29) is 0 Å². The maximum atomic E-state index is 12.2. The van der Waals surface area contributed by atoms with Crippen LogP contribution in [0.25, 0.3) is 0 Å². The molecule has 1 nitrogen and oxygen atoms in total. The molecule has 0 amide bonds. The van der Waals surface area contributed by atoms with Gasteiger partial charge < -0.3 is 5.11 Å². The van der Waals surface area contributed by atoms with Gasteiger partial charge in [0.05, 0.1) is 0 Å². The van der Waals surface area contributed by atoms with Crippen molar-refractivity contribution in [1.82, 2.24) is 0 Å². The van der Waals surface area contributed by atoms with Crippen molar-refractivity contribution in [2.24, 2.45) is 0 Å². The van der Waals surface area contributed by atoms with Gasteiger partial charge in [0.1, 0.15) is 0 Å². The molecule has 10 heavy (non-hydrogen) atoms. The Bertz CT molecular complexity index is 225. The van der Waals surface area contributed by atoms with Crippen molar-refractivity contribution in [3.8, 4) is 0 Å². The first-order valence-electron chi connectivity index (χ1n) is 2.78. The van der Waals surface area contributed by atoms with E-state index in [0.29, 0.717) is 5.56 Å². The molecule has 1 aromatic carbocycles. The largest absolute Gasteiger partial charge is 0.360 e. The van der Waals surface area contributed by atoms with Crippen molar-refractivity contribution < 1.29 is 9.50 Å². The van der Waals surface area contributed by atoms with E-state index in [0.717, 1.165) is 3.57 Å². The Kier molecular flexibility index (Phi) is 2.62. The van der Waals surface area contributed by atoms with Gasteiger partial charge in [0.2, 0.25) is 6.36 Å². The zero-order valence-corrected chi connectivity index (χ0v) is 7.25. The van der Waals surface area contributed by atoms with Gasteiger partial charge in [-0.3, -0.25) is 0 Å². The molecular weight excluding hydrogens is 246 g/mol. The molecule has 0 aliphatic heterocycles. The molecule has 0 saturated heterocycles. The molecule has 1 unspecified atom stereocenters. The molecule has 0 radical (unpaired) electrons. The van der Waals surface area contributed by atoms with Crippen LogP contribution in [-0.2, 0) is 0 Å². The minimum atomic E-state index is -1.85. The number of alkyl halides is 1. The van der Waals surface area contributed by atoms with Crippen LogP contribution in [0, 0.1) is 3.57 Å². The highest BCUT2D eigenvalue weighted by Gasteiger charge is 2.02. The summed E-state index contributed by atoms with van der Waals surface area (Å²) in [7, 11) is 0. The van der Waals surface area contributed by atoms with Crippen LogP contribution in [0.5, 0.6) is 0 Å².